The Hall–Kier alpha value is -4.00. The lowest BCUT2D eigenvalue weighted by Gasteiger charge is -2.13. The van der Waals surface area contributed by atoms with Gasteiger partial charge in [0.25, 0.3) is 0 Å². The maximum Gasteiger partial charge on any atom is 0.417 e. The number of anilines is 1. The second kappa shape index (κ2) is 11.0. The fourth-order valence-electron chi connectivity index (χ4n) is 4.26. The third-order valence-corrected chi connectivity index (χ3v) is 6.77. The number of nitrogens with zero attached hydrogens (tertiary/aromatic N) is 2. The van der Waals surface area contributed by atoms with Crippen LogP contribution in [0.15, 0.2) is 97.2 Å². The third-order valence-electron chi connectivity index (χ3n) is 6.22. The van der Waals surface area contributed by atoms with Crippen LogP contribution in [-0.2, 0) is 12.7 Å². The van der Waals surface area contributed by atoms with Crippen LogP contribution in [0.25, 0.3) is 34.5 Å². The zero-order chi connectivity index (χ0) is 27.6. The number of nitrogens with two attached hydrogens (primary N) is 1. The number of nitrogen functional groups attached to an aromatic ring is 1. The van der Waals surface area contributed by atoms with E-state index in [-0.39, 0.29) is 5.56 Å². The van der Waals surface area contributed by atoms with E-state index in [4.69, 9.17) is 33.9 Å². The van der Waals surface area contributed by atoms with Crippen molar-refractivity contribution in [3.05, 3.63) is 130 Å². The van der Waals surface area contributed by atoms with Crippen molar-refractivity contribution in [1.82, 2.24) is 9.55 Å². The van der Waals surface area contributed by atoms with E-state index in [1.807, 2.05) is 29.0 Å². The van der Waals surface area contributed by atoms with Gasteiger partial charge in [0, 0.05) is 29.0 Å². The summed E-state index contributed by atoms with van der Waals surface area (Å²) in [6.45, 7) is 0.428. The molecule has 0 fully saturated rings. The molecule has 1 aromatic heterocycles. The average Bonchev–Trinajstić information content (AvgIpc) is 3.30. The highest BCUT2D eigenvalue weighted by Crippen LogP contribution is 2.36. The van der Waals surface area contributed by atoms with Gasteiger partial charge in [-0.05, 0) is 64.7 Å². The molecule has 0 radical (unpaired) electrons. The minimum Gasteiger partial charge on any atom is -0.399 e. The molecule has 0 spiro atoms. The summed E-state index contributed by atoms with van der Waals surface area (Å²) >= 11 is 12.5. The van der Waals surface area contributed by atoms with Gasteiger partial charge < -0.3 is 10.3 Å². The van der Waals surface area contributed by atoms with Crippen molar-refractivity contribution in [3.63, 3.8) is 0 Å². The van der Waals surface area contributed by atoms with E-state index in [2.05, 4.69) is 0 Å². The number of hydrogen-bond donors (Lipinski definition) is 1. The van der Waals surface area contributed by atoms with Gasteiger partial charge >= 0.3 is 6.18 Å². The van der Waals surface area contributed by atoms with E-state index in [1.165, 1.54) is 18.2 Å². The first-order chi connectivity index (χ1) is 18.7. The van der Waals surface area contributed by atoms with Gasteiger partial charge in [-0.25, -0.2) is 4.98 Å². The van der Waals surface area contributed by atoms with Crippen LogP contribution in [0.2, 0.25) is 10.0 Å². The molecule has 5 aromatic rings. The zero-order valence-corrected chi connectivity index (χ0v) is 22.0. The standard InChI is InChI=1S/C31H22Cl2F3N3/c32-24-11-14-26(28(33)17-24)29-19-39(18-20-6-12-25(37)13-7-20)30(38-29)15-10-22-8-9-23(16-27(22)31(34,35)36)21-4-2-1-3-5-21/h1-17,19H,18,37H2/b15-10+. The van der Waals surface area contributed by atoms with Gasteiger partial charge in [-0.3, -0.25) is 0 Å². The monoisotopic (exact) mass is 563 g/mol. The summed E-state index contributed by atoms with van der Waals surface area (Å²) in [7, 11) is 0. The maximum absolute atomic E-state index is 14.1. The molecule has 0 unspecified atom stereocenters. The second-order valence-corrected chi connectivity index (χ2v) is 9.82. The van der Waals surface area contributed by atoms with E-state index in [0.717, 1.165) is 5.56 Å². The number of imidazole rings is 1. The lowest BCUT2D eigenvalue weighted by Crippen LogP contribution is -2.07. The molecule has 0 aliphatic rings. The summed E-state index contributed by atoms with van der Waals surface area (Å²) < 4.78 is 44.1. The van der Waals surface area contributed by atoms with E-state index in [1.54, 1.807) is 66.7 Å². The summed E-state index contributed by atoms with van der Waals surface area (Å²) in [6, 6.07) is 25.8. The predicted molar refractivity (Wildman–Crippen MR) is 153 cm³/mol. The zero-order valence-electron chi connectivity index (χ0n) is 20.5. The first kappa shape index (κ1) is 26.6. The van der Waals surface area contributed by atoms with Gasteiger partial charge in [-0.15, -0.1) is 0 Å². The Morgan fingerprint density at radius 1 is 0.821 bits per heavy atom. The average molecular weight is 564 g/mol. The van der Waals surface area contributed by atoms with Gasteiger partial charge in [-0.2, -0.15) is 13.2 Å². The summed E-state index contributed by atoms with van der Waals surface area (Å²) in [6.07, 6.45) is 0.296. The molecule has 0 aliphatic carbocycles. The molecular weight excluding hydrogens is 542 g/mol. The van der Waals surface area contributed by atoms with Gasteiger partial charge in [0.1, 0.15) is 5.82 Å². The van der Waals surface area contributed by atoms with Crippen molar-refractivity contribution in [2.24, 2.45) is 0 Å². The Labute approximate surface area is 234 Å². The molecule has 4 aromatic carbocycles. The minimum absolute atomic E-state index is 0.0373. The number of rotatable bonds is 6. The van der Waals surface area contributed by atoms with E-state index >= 15 is 0 Å². The van der Waals surface area contributed by atoms with Crippen molar-refractivity contribution in [1.29, 1.82) is 0 Å². The first-order valence-electron chi connectivity index (χ1n) is 12.0. The van der Waals surface area contributed by atoms with E-state index < -0.39 is 11.7 Å². The smallest absolute Gasteiger partial charge is 0.399 e. The van der Waals surface area contributed by atoms with Crippen LogP contribution in [-0.4, -0.2) is 9.55 Å². The number of alkyl halides is 3. The second-order valence-electron chi connectivity index (χ2n) is 8.98. The molecule has 8 heteroatoms. The highest BCUT2D eigenvalue weighted by molar-refractivity contribution is 6.36. The number of halogens is 5. The Morgan fingerprint density at radius 2 is 1.56 bits per heavy atom. The predicted octanol–water partition coefficient (Wildman–Crippen LogP) is 9.34. The molecule has 0 saturated carbocycles. The molecule has 5 rings (SSSR count). The fourth-order valence-corrected chi connectivity index (χ4v) is 4.76. The van der Waals surface area contributed by atoms with Crippen molar-refractivity contribution in [3.8, 4) is 22.4 Å². The topological polar surface area (TPSA) is 43.8 Å². The van der Waals surface area contributed by atoms with Gasteiger partial charge in [-0.1, -0.05) is 83.9 Å². The minimum atomic E-state index is -4.54. The van der Waals surface area contributed by atoms with Crippen molar-refractivity contribution >= 4 is 41.0 Å². The van der Waals surface area contributed by atoms with E-state index in [0.29, 0.717) is 50.5 Å². The Balaban J connectivity index is 1.56. The largest absolute Gasteiger partial charge is 0.417 e. The van der Waals surface area contributed by atoms with Gasteiger partial charge in [0.15, 0.2) is 0 Å². The number of aromatic nitrogens is 2. The SMILES string of the molecule is Nc1ccc(Cn2cc(-c3ccc(Cl)cc3Cl)nc2/C=C/c2ccc(-c3ccccc3)cc2C(F)(F)F)cc1. The van der Waals surface area contributed by atoms with Crippen LogP contribution in [0.3, 0.4) is 0 Å². The number of benzene rings is 4. The Bertz CT molecular complexity index is 1640. The highest BCUT2D eigenvalue weighted by atomic mass is 35.5. The van der Waals surface area contributed by atoms with Crippen LogP contribution < -0.4 is 5.73 Å². The van der Waals surface area contributed by atoms with Crippen molar-refractivity contribution in [2.45, 2.75) is 12.7 Å². The maximum atomic E-state index is 14.1. The molecule has 2 N–H and O–H groups in total. The molecule has 3 nitrogen and oxygen atoms in total. The van der Waals surface area contributed by atoms with Crippen LogP contribution >= 0.6 is 23.2 Å². The van der Waals surface area contributed by atoms with E-state index in [9.17, 15) is 13.2 Å². The molecule has 1 heterocycles. The summed E-state index contributed by atoms with van der Waals surface area (Å²) in [5.74, 6) is 0.466. The highest BCUT2D eigenvalue weighted by Gasteiger charge is 2.33. The van der Waals surface area contributed by atoms with Crippen LogP contribution in [0.1, 0.15) is 22.5 Å². The molecule has 0 aliphatic heterocycles. The summed E-state index contributed by atoms with van der Waals surface area (Å²) in [5.41, 5.74) is 9.16. The Kier molecular flexibility index (Phi) is 7.51. The van der Waals surface area contributed by atoms with Crippen LogP contribution in [0, 0.1) is 0 Å². The van der Waals surface area contributed by atoms with Crippen LogP contribution in [0.4, 0.5) is 18.9 Å². The molecule has 0 saturated heterocycles. The molecule has 196 valence electrons. The first-order valence-corrected chi connectivity index (χ1v) is 12.7. The molecular formula is C31H22Cl2F3N3. The van der Waals surface area contributed by atoms with Crippen molar-refractivity contribution in [2.75, 3.05) is 5.73 Å². The molecule has 39 heavy (non-hydrogen) atoms. The lowest BCUT2D eigenvalue weighted by atomic mass is 9.98. The van der Waals surface area contributed by atoms with Crippen molar-refractivity contribution < 1.29 is 13.2 Å². The fraction of sp³-hybridized carbons (Fsp3) is 0.0645. The quantitative estimate of drug-likeness (QED) is 0.209. The molecule has 0 bridgehead atoms. The normalized spacial score (nSPS) is 11.8. The third kappa shape index (κ3) is 6.19. The number of hydrogen-bond acceptors (Lipinski definition) is 2. The molecule has 0 amide bonds. The lowest BCUT2D eigenvalue weighted by molar-refractivity contribution is -0.137. The van der Waals surface area contributed by atoms with Gasteiger partial charge in [0.2, 0.25) is 0 Å². The Morgan fingerprint density at radius 3 is 2.26 bits per heavy atom. The van der Waals surface area contributed by atoms with Gasteiger partial charge in [0.05, 0.1) is 16.3 Å². The van der Waals surface area contributed by atoms with Crippen LogP contribution in [0.5, 0.6) is 0 Å². The summed E-state index contributed by atoms with van der Waals surface area (Å²) in [5, 5.41) is 0.912. The summed E-state index contributed by atoms with van der Waals surface area (Å²) in [4.78, 5) is 4.70. The molecule has 0 atom stereocenters.